The molecule has 9 nitrogen and oxygen atoms in total. The number of carbonyl (C=O) groups excluding carboxylic acids is 3. The van der Waals surface area contributed by atoms with Gasteiger partial charge in [-0.2, -0.15) is 0 Å². The molecule has 0 aliphatic carbocycles. The zero-order chi connectivity index (χ0) is 39.0. The van der Waals surface area contributed by atoms with Crippen LogP contribution in [-0.4, -0.2) is 59.3 Å². The lowest BCUT2D eigenvalue weighted by Crippen LogP contribution is -2.47. The van der Waals surface area contributed by atoms with E-state index in [1.807, 2.05) is 0 Å². The van der Waals surface area contributed by atoms with Crippen molar-refractivity contribution in [3.63, 3.8) is 0 Å². The zero-order valence-electron chi connectivity index (χ0n) is 33.5. The van der Waals surface area contributed by atoms with Crippen LogP contribution in [0.1, 0.15) is 181 Å². The molecule has 0 aromatic carbocycles. The highest BCUT2D eigenvalue weighted by atomic mass is 16.5. The number of carboxylic acids is 1. The quantitative estimate of drug-likeness (QED) is 0.0282. The number of nitrogens with one attached hydrogen (secondary N) is 2. The summed E-state index contributed by atoms with van der Waals surface area (Å²) in [4.78, 5) is 47.5. The summed E-state index contributed by atoms with van der Waals surface area (Å²) in [5, 5.41) is 22.5. The van der Waals surface area contributed by atoms with Crippen LogP contribution in [0.4, 0.5) is 0 Å². The molecule has 0 aromatic rings. The molecule has 0 rings (SSSR count). The minimum Gasteiger partial charge on any atom is -0.480 e. The number of ether oxygens (including phenoxy) is 1. The molecule has 4 N–H and O–H groups in total. The SMILES string of the molecule is CC/C=C\C/C=C\C/C=C\C/C=C\CCC(=O)OC(CCCCCCCCCCCCCC)CCCCCCCC(=O)NCC(=O)NC(CO)C(=O)O. The Morgan fingerprint density at radius 3 is 1.55 bits per heavy atom. The van der Waals surface area contributed by atoms with Gasteiger partial charge < -0.3 is 25.6 Å². The van der Waals surface area contributed by atoms with Crippen LogP contribution in [0.25, 0.3) is 0 Å². The first-order valence-corrected chi connectivity index (χ1v) is 21.0. The highest BCUT2D eigenvalue weighted by Gasteiger charge is 2.19. The molecule has 0 aliphatic rings. The van der Waals surface area contributed by atoms with E-state index in [-0.39, 0.29) is 30.9 Å². The van der Waals surface area contributed by atoms with E-state index < -0.39 is 24.5 Å². The van der Waals surface area contributed by atoms with Crippen molar-refractivity contribution in [2.75, 3.05) is 13.2 Å². The third kappa shape index (κ3) is 35.6. The summed E-state index contributed by atoms with van der Waals surface area (Å²) in [6, 6.07) is -1.39. The molecule has 9 heteroatoms. The van der Waals surface area contributed by atoms with Crippen molar-refractivity contribution in [1.82, 2.24) is 10.6 Å². The van der Waals surface area contributed by atoms with Gasteiger partial charge in [-0.1, -0.05) is 152 Å². The minimum atomic E-state index is -1.39. The number of allylic oxidation sites excluding steroid dienone is 8. The summed E-state index contributed by atoms with van der Waals surface area (Å²) in [7, 11) is 0. The van der Waals surface area contributed by atoms with Gasteiger partial charge in [-0.05, 0) is 64.2 Å². The summed E-state index contributed by atoms with van der Waals surface area (Å²) >= 11 is 0. The maximum atomic E-state index is 12.7. The van der Waals surface area contributed by atoms with Gasteiger partial charge in [0.15, 0.2) is 0 Å². The highest BCUT2D eigenvalue weighted by molar-refractivity contribution is 5.87. The van der Waals surface area contributed by atoms with E-state index in [0.717, 1.165) is 70.6 Å². The Bertz CT molecular complexity index is 1040. The number of amides is 2. The summed E-state index contributed by atoms with van der Waals surface area (Å²) in [6.07, 6.45) is 44.3. The van der Waals surface area contributed by atoms with Crippen molar-refractivity contribution in [3.05, 3.63) is 48.6 Å². The van der Waals surface area contributed by atoms with E-state index >= 15 is 0 Å². The van der Waals surface area contributed by atoms with Gasteiger partial charge in [-0.15, -0.1) is 0 Å². The van der Waals surface area contributed by atoms with Gasteiger partial charge in [0, 0.05) is 12.8 Å². The number of aliphatic carboxylic acids is 1. The van der Waals surface area contributed by atoms with Gasteiger partial charge >= 0.3 is 11.9 Å². The maximum absolute atomic E-state index is 12.7. The Balaban J connectivity index is 4.42. The van der Waals surface area contributed by atoms with Gasteiger partial charge in [0.05, 0.1) is 13.2 Å². The standard InChI is InChI=1S/C44H76N2O7/c1-3-5-7-9-11-13-15-17-19-21-23-28-32-36-43(50)53-39(33-29-25-22-20-18-16-14-12-10-8-6-4-2)34-30-26-24-27-31-35-41(48)45-37-42(49)46-40(38-47)44(51)52/h5,7,11,13,17,19,23,28,39-40,47H,3-4,6,8-10,12,14-16,18,20-22,24-27,29-38H2,1-2H3,(H,45,48)(H,46,49)(H,51,52)/b7-5-,13-11-,19-17-,28-23-. The summed E-state index contributed by atoms with van der Waals surface area (Å²) in [6.45, 7) is 3.35. The van der Waals surface area contributed by atoms with E-state index in [0.29, 0.717) is 19.3 Å². The predicted molar refractivity (Wildman–Crippen MR) is 217 cm³/mol. The molecule has 0 saturated heterocycles. The van der Waals surface area contributed by atoms with Crippen LogP contribution < -0.4 is 10.6 Å². The molecule has 2 amide bonds. The fourth-order valence-corrected chi connectivity index (χ4v) is 5.90. The molecular formula is C44H76N2O7. The molecule has 0 radical (unpaired) electrons. The van der Waals surface area contributed by atoms with Crippen molar-refractivity contribution in [3.8, 4) is 0 Å². The molecule has 2 unspecified atom stereocenters. The number of hydrogen-bond donors (Lipinski definition) is 4. The Labute approximate surface area is 322 Å². The topological polar surface area (TPSA) is 142 Å². The Hall–Kier alpha value is -3.20. The van der Waals surface area contributed by atoms with Gasteiger partial charge in [0.2, 0.25) is 11.8 Å². The van der Waals surface area contributed by atoms with Crippen molar-refractivity contribution >= 4 is 23.8 Å². The van der Waals surface area contributed by atoms with Crippen molar-refractivity contribution in [2.24, 2.45) is 0 Å². The largest absolute Gasteiger partial charge is 0.480 e. The number of rotatable bonds is 37. The van der Waals surface area contributed by atoms with Crippen LogP contribution in [0.5, 0.6) is 0 Å². The first-order chi connectivity index (χ1) is 25.8. The first kappa shape index (κ1) is 49.8. The van der Waals surface area contributed by atoms with Crippen molar-refractivity contribution in [2.45, 2.75) is 193 Å². The normalized spacial score (nSPS) is 13.0. The van der Waals surface area contributed by atoms with E-state index in [1.165, 1.54) is 70.6 Å². The summed E-state index contributed by atoms with van der Waals surface area (Å²) < 4.78 is 5.98. The third-order valence-corrected chi connectivity index (χ3v) is 9.10. The molecule has 0 aromatic heterocycles. The van der Waals surface area contributed by atoms with Crippen molar-refractivity contribution in [1.29, 1.82) is 0 Å². The Morgan fingerprint density at radius 1 is 0.585 bits per heavy atom. The second kappa shape index (κ2) is 38.5. The van der Waals surface area contributed by atoms with Crippen molar-refractivity contribution < 1.29 is 34.1 Å². The monoisotopic (exact) mass is 745 g/mol. The molecule has 0 spiro atoms. The molecule has 304 valence electrons. The van der Waals surface area contributed by atoms with E-state index in [9.17, 15) is 19.2 Å². The van der Waals surface area contributed by atoms with Crippen LogP contribution in [-0.2, 0) is 23.9 Å². The first-order valence-electron chi connectivity index (χ1n) is 21.0. The lowest BCUT2D eigenvalue weighted by molar-refractivity contribution is -0.149. The number of aliphatic hydroxyl groups excluding tert-OH is 1. The fraction of sp³-hybridized carbons (Fsp3) is 0.727. The molecule has 53 heavy (non-hydrogen) atoms. The third-order valence-electron chi connectivity index (χ3n) is 9.10. The molecule has 0 heterocycles. The molecular weight excluding hydrogens is 668 g/mol. The van der Waals surface area contributed by atoms with Crippen LogP contribution >= 0.6 is 0 Å². The fourth-order valence-electron chi connectivity index (χ4n) is 5.90. The van der Waals surface area contributed by atoms with Gasteiger partial charge in [0.25, 0.3) is 0 Å². The Morgan fingerprint density at radius 2 is 1.06 bits per heavy atom. The van der Waals surface area contributed by atoms with Gasteiger partial charge in [-0.25, -0.2) is 4.79 Å². The second-order valence-electron chi connectivity index (χ2n) is 14.1. The van der Waals surface area contributed by atoms with Crippen LogP contribution in [0.15, 0.2) is 48.6 Å². The average molecular weight is 745 g/mol. The number of carboxylic acid groups (broad SMARTS) is 1. The van der Waals surface area contributed by atoms with E-state index in [4.69, 9.17) is 14.9 Å². The van der Waals surface area contributed by atoms with Gasteiger partial charge in [-0.3, -0.25) is 14.4 Å². The smallest absolute Gasteiger partial charge is 0.328 e. The number of hydrogen-bond acceptors (Lipinski definition) is 6. The number of esters is 1. The van der Waals surface area contributed by atoms with E-state index in [1.54, 1.807) is 0 Å². The van der Waals surface area contributed by atoms with Crippen LogP contribution in [0.2, 0.25) is 0 Å². The minimum absolute atomic E-state index is 0.0495. The summed E-state index contributed by atoms with van der Waals surface area (Å²) in [5.74, 6) is -2.38. The number of carbonyl (C=O) groups is 4. The molecule has 0 aliphatic heterocycles. The summed E-state index contributed by atoms with van der Waals surface area (Å²) in [5.41, 5.74) is 0. The number of aliphatic hydroxyl groups is 1. The van der Waals surface area contributed by atoms with E-state index in [2.05, 4.69) is 73.1 Å². The number of unbranched alkanes of at least 4 members (excludes halogenated alkanes) is 15. The molecule has 0 bridgehead atoms. The average Bonchev–Trinajstić information content (AvgIpc) is 3.14. The van der Waals surface area contributed by atoms with Crippen LogP contribution in [0, 0.1) is 0 Å². The highest BCUT2D eigenvalue weighted by Crippen LogP contribution is 2.18. The maximum Gasteiger partial charge on any atom is 0.328 e. The molecule has 2 atom stereocenters. The lowest BCUT2D eigenvalue weighted by atomic mass is 10.0. The molecule has 0 fully saturated rings. The lowest BCUT2D eigenvalue weighted by Gasteiger charge is -2.18. The van der Waals surface area contributed by atoms with Crippen LogP contribution in [0.3, 0.4) is 0 Å². The molecule has 0 saturated carbocycles. The second-order valence-corrected chi connectivity index (χ2v) is 14.1. The Kier molecular flexibility index (Phi) is 36.2. The van der Waals surface area contributed by atoms with Gasteiger partial charge in [0.1, 0.15) is 12.1 Å². The predicted octanol–water partition coefficient (Wildman–Crippen LogP) is 9.98. The zero-order valence-corrected chi connectivity index (χ0v) is 33.5.